The zero-order valence-electron chi connectivity index (χ0n) is 68.7. The number of phenols is 10. The van der Waals surface area contributed by atoms with Crippen LogP contribution in [0.25, 0.3) is 6.08 Å². The summed E-state index contributed by atoms with van der Waals surface area (Å²) in [6, 6.07) is 0. The van der Waals surface area contributed by atoms with E-state index in [9.17, 15) is 85.3 Å². The Bertz CT molecular complexity index is 3830. The standard InChI is InChI=1S/2C18H25ClO4.C18H27ClO3.C18H25ClO3.C17H25ClO3/c2*1-10(2)6-5-7-11(3)8-14(21)15-17(22)13(9-20)12(4)16(19)18(15)23;2*1-11(2)6-5-7-12(3)8-9-14-17(21)15(10-20)13(4)16(19)18(14)22;1-3-4-5-6-7-8-9-10-13-16(20)14(11-19)12(2)15(18)17(13)21/h2*6,9,11,14,21-23H,5,7-8H2,1-4H3;10-12,21-22H,5-9H2,1-4H3;8-12,21-22H,5-7H2,1-4H3;11,20-21H,3-10H2,1-2H3/b;;;9-8+;. The number of rotatable bonds is 38. The first-order valence-corrected chi connectivity index (χ1v) is 40.7. The number of phenolic OH excluding ortho intramolecular Hbond substituents is 10. The summed E-state index contributed by atoms with van der Waals surface area (Å²) in [6.07, 6.45) is 29.4. The van der Waals surface area contributed by atoms with E-state index >= 15 is 0 Å². The normalized spacial score (nSPS) is 12.7. The van der Waals surface area contributed by atoms with Crippen molar-refractivity contribution < 1.29 is 85.3 Å². The average Bonchev–Trinajstić information content (AvgIpc) is 0.802. The van der Waals surface area contributed by atoms with Crippen LogP contribution in [0.4, 0.5) is 0 Å². The number of aromatic hydroxyl groups is 10. The highest BCUT2D eigenvalue weighted by atomic mass is 35.5. The van der Waals surface area contributed by atoms with Crippen LogP contribution in [0.1, 0.15) is 338 Å². The third-order valence-corrected chi connectivity index (χ3v) is 22.3. The maximum Gasteiger partial charge on any atom is 0.154 e. The lowest BCUT2D eigenvalue weighted by molar-refractivity contribution is 0.110. The number of aldehydes is 5. The van der Waals surface area contributed by atoms with Crippen molar-refractivity contribution >= 4 is 95.5 Å². The number of aliphatic hydroxyl groups is 2. The van der Waals surface area contributed by atoms with E-state index in [0.717, 1.165) is 70.6 Å². The highest BCUT2D eigenvalue weighted by molar-refractivity contribution is 6.35. The van der Waals surface area contributed by atoms with Gasteiger partial charge in [-0.3, -0.25) is 24.0 Å². The molecule has 0 amide bonds. The molecule has 0 aliphatic rings. The first kappa shape index (κ1) is 102. The van der Waals surface area contributed by atoms with Gasteiger partial charge in [-0.2, -0.15) is 0 Å². The first-order chi connectivity index (χ1) is 52.0. The monoisotopic (exact) mass is 1640 g/mol. The number of unbranched alkanes of at least 4 members (excludes halogenated alkanes) is 6. The van der Waals surface area contributed by atoms with Crippen molar-refractivity contribution in [2.75, 3.05) is 0 Å². The summed E-state index contributed by atoms with van der Waals surface area (Å²) in [5, 5.41) is 122. The third-order valence-electron chi connectivity index (χ3n) is 20.0. The van der Waals surface area contributed by atoms with Gasteiger partial charge in [0, 0.05) is 11.1 Å². The fourth-order valence-electron chi connectivity index (χ4n) is 12.7. The van der Waals surface area contributed by atoms with Crippen molar-refractivity contribution in [3.05, 3.63) is 138 Å². The lowest BCUT2D eigenvalue weighted by Crippen LogP contribution is -2.07. The highest BCUT2D eigenvalue weighted by Crippen LogP contribution is 2.48. The van der Waals surface area contributed by atoms with Gasteiger partial charge in [0.1, 0.15) is 57.5 Å². The number of aliphatic hydroxyl groups excluding tert-OH is 2. The van der Waals surface area contributed by atoms with Crippen LogP contribution < -0.4 is 0 Å². The number of hydrogen-bond acceptors (Lipinski definition) is 17. The maximum atomic E-state index is 11.1. The molecule has 0 bridgehead atoms. The van der Waals surface area contributed by atoms with Gasteiger partial charge in [0.15, 0.2) is 31.4 Å². The van der Waals surface area contributed by atoms with Crippen molar-refractivity contribution in [3.63, 3.8) is 0 Å². The molecule has 5 aromatic carbocycles. The Labute approximate surface area is 685 Å². The van der Waals surface area contributed by atoms with E-state index in [2.05, 4.69) is 60.6 Å². The Kier molecular flexibility index (Phi) is 47.5. The molecule has 0 saturated heterocycles. The van der Waals surface area contributed by atoms with Crippen molar-refractivity contribution in [2.24, 2.45) is 35.5 Å². The lowest BCUT2D eigenvalue weighted by Gasteiger charge is -2.21. The smallest absolute Gasteiger partial charge is 0.154 e. The maximum absolute atomic E-state index is 11.1. The van der Waals surface area contributed by atoms with Crippen LogP contribution in [0.15, 0.2) is 29.4 Å². The van der Waals surface area contributed by atoms with Crippen LogP contribution in [-0.2, 0) is 12.8 Å². The molecule has 0 aromatic heterocycles. The zero-order chi connectivity index (χ0) is 85.0. The second kappa shape index (κ2) is 51.7. The number of allylic oxidation sites excluding steroid dienone is 5. The Hall–Kier alpha value is -6.96. The largest absolute Gasteiger partial charge is 0.507 e. The van der Waals surface area contributed by atoms with Crippen LogP contribution in [-0.4, -0.2) is 92.7 Å². The van der Waals surface area contributed by atoms with Crippen molar-refractivity contribution in [1.29, 1.82) is 0 Å². The molecule has 0 radical (unpaired) electrons. The molecule has 0 spiro atoms. The SMILES string of the molecule is CC(C)=CCCC(C)CC(O)c1c(O)c(Cl)c(C)c(C=O)c1O.CC(C)=CCCC(C)CC(O)c1c(O)c(Cl)c(C)c(C=O)c1O.CCCCCCCCCc1c(O)c(Cl)c(C)c(C=O)c1O.Cc1c(Cl)c(O)c(/C=C/C(C)CCCC(C)C)c(O)c1C=O.Cc1c(Cl)c(O)c(CCC(C)CCCC(C)C)c(O)c1C=O. The molecule has 22 heteroatoms. The number of carbonyl (C=O) groups is 5. The summed E-state index contributed by atoms with van der Waals surface area (Å²) in [5.41, 5.74) is 5.60. The predicted molar refractivity (Wildman–Crippen MR) is 454 cm³/mol. The minimum Gasteiger partial charge on any atom is -0.507 e. The van der Waals surface area contributed by atoms with Gasteiger partial charge in [-0.15, -0.1) is 0 Å². The van der Waals surface area contributed by atoms with Crippen LogP contribution in [0, 0.1) is 70.1 Å². The van der Waals surface area contributed by atoms with Crippen molar-refractivity contribution in [1.82, 2.24) is 0 Å². The van der Waals surface area contributed by atoms with E-state index in [1.807, 2.05) is 47.6 Å². The van der Waals surface area contributed by atoms with Gasteiger partial charge in [-0.25, -0.2) is 0 Å². The van der Waals surface area contributed by atoms with E-state index in [4.69, 9.17) is 58.0 Å². The molecular weight excluding hydrogens is 1520 g/mol. The molecule has 0 saturated carbocycles. The second-order valence-corrected chi connectivity index (χ2v) is 32.9. The zero-order valence-corrected chi connectivity index (χ0v) is 72.4. The lowest BCUT2D eigenvalue weighted by atomic mass is 9.91. The Morgan fingerprint density at radius 2 is 0.667 bits per heavy atom. The molecule has 0 aliphatic carbocycles. The number of halogens is 5. The Morgan fingerprint density at radius 1 is 0.342 bits per heavy atom. The fourth-order valence-corrected chi connectivity index (χ4v) is 13.8. The Balaban J connectivity index is 0.000000694. The van der Waals surface area contributed by atoms with E-state index in [-0.39, 0.29) is 127 Å². The number of benzene rings is 5. The number of hydrogen-bond donors (Lipinski definition) is 12. The second-order valence-electron chi connectivity index (χ2n) is 31.0. The number of carbonyl (C=O) groups excluding carboxylic acids is 5. The van der Waals surface area contributed by atoms with E-state index in [1.165, 1.54) is 69.9 Å². The molecule has 0 heterocycles. The van der Waals surface area contributed by atoms with E-state index in [1.54, 1.807) is 26.8 Å². The minimum atomic E-state index is -1.09. The molecule has 620 valence electrons. The van der Waals surface area contributed by atoms with Gasteiger partial charge in [0.05, 0.1) is 81.8 Å². The summed E-state index contributed by atoms with van der Waals surface area (Å²) in [7, 11) is 0. The predicted octanol–water partition coefficient (Wildman–Crippen LogP) is 25.1. The molecular formula is C89H127Cl5O17. The van der Waals surface area contributed by atoms with Gasteiger partial charge in [-0.05, 0) is 196 Å². The molecule has 0 fully saturated rings. The van der Waals surface area contributed by atoms with Gasteiger partial charge in [0.2, 0.25) is 0 Å². The van der Waals surface area contributed by atoms with Crippen LogP contribution in [0.5, 0.6) is 57.5 Å². The topological polar surface area (TPSA) is 328 Å². The van der Waals surface area contributed by atoms with Crippen LogP contribution >= 0.6 is 58.0 Å². The highest BCUT2D eigenvalue weighted by Gasteiger charge is 2.29. The van der Waals surface area contributed by atoms with Crippen molar-refractivity contribution in [2.45, 2.75) is 278 Å². The van der Waals surface area contributed by atoms with Crippen LogP contribution in [0.3, 0.4) is 0 Å². The molecule has 12 N–H and O–H groups in total. The summed E-state index contributed by atoms with van der Waals surface area (Å²) < 4.78 is 0. The molecule has 6 atom stereocenters. The van der Waals surface area contributed by atoms with Crippen LogP contribution in [0.2, 0.25) is 25.1 Å². The molecule has 0 aliphatic heterocycles. The average molecular weight is 1650 g/mol. The van der Waals surface area contributed by atoms with E-state index < -0.39 is 23.7 Å². The fraction of sp³-hybridized carbons (Fsp3) is 0.539. The quantitative estimate of drug-likeness (QED) is 0.00992. The van der Waals surface area contributed by atoms with Gasteiger partial charge >= 0.3 is 0 Å². The minimum absolute atomic E-state index is 0.000885. The molecule has 111 heavy (non-hydrogen) atoms. The third kappa shape index (κ3) is 31.7. The summed E-state index contributed by atoms with van der Waals surface area (Å²) in [6.45, 7) is 35.3. The Morgan fingerprint density at radius 3 is 1.03 bits per heavy atom. The molecule has 5 aromatic rings. The molecule has 17 nitrogen and oxygen atoms in total. The summed E-state index contributed by atoms with van der Waals surface area (Å²) in [4.78, 5) is 55.5. The van der Waals surface area contributed by atoms with Gasteiger partial charge < -0.3 is 61.3 Å². The molecule has 6 unspecified atom stereocenters. The first-order valence-electron chi connectivity index (χ1n) is 38.8. The van der Waals surface area contributed by atoms with E-state index in [0.29, 0.717) is 120 Å². The van der Waals surface area contributed by atoms with Crippen molar-refractivity contribution in [3.8, 4) is 57.5 Å². The summed E-state index contributed by atoms with van der Waals surface area (Å²) in [5.74, 6) is 0.181. The summed E-state index contributed by atoms with van der Waals surface area (Å²) >= 11 is 30.1. The van der Waals surface area contributed by atoms with Gasteiger partial charge in [-0.1, -0.05) is 226 Å². The molecule has 5 rings (SSSR count). The van der Waals surface area contributed by atoms with Gasteiger partial charge in [0.25, 0.3) is 0 Å².